The minimum absolute atomic E-state index is 0.176. The molecule has 0 fully saturated rings. The van der Waals surface area contributed by atoms with E-state index in [1.165, 1.54) is 5.56 Å². The molecule has 0 saturated carbocycles. The van der Waals surface area contributed by atoms with Crippen molar-refractivity contribution in [2.75, 3.05) is 32.9 Å². The van der Waals surface area contributed by atoms with Gasteiger partial charge in [0.15, 0.2) is 0 Å². The maximum absolute atomic E-state index is 10.2. The molecule has 0 bridgehead atoms. The van der Waals surface area contributed by atoms with Gasteiger partial charge in [0.2, 0.25) is 0 Å². The van der Waals surface area contributed by atoms with Crippen molar-refractivity contribution in [2.24, 2.45) is 0 Å². The number of hydrogen-bond acceptors (Lipinski definition) is 4. The van der Waals surface area contributed by atoms with Crippen LogP contribution in [0.3, 0.4) is 0 Å². The number of nitrogens with one attached hydrogen (secondary N) is 1. The minimum Gasteiger partial charge on any atom is -0.389 e. The van der Waals surface area contributed by atoms with Crippen LogP contribution in [0.15, 0.2) is 54.6 Å². The van der Waals surface area contributed by atoms with Crippen LogP contribution in [0.4, 0.5) is 0 Å². The van der Waals surface area contributed by atoms with Crippen molar-refractivity contribution >= 4 is 0 Å². The lowest BCUT2D eigenvalue weighted by Gasteiger charge is -2.22. The van der Waals surface area contributed by atoms with Gasteiger partial charge in [-0.25, -0.2) is 0 Å². The third-order valence-corrected chi connectivity index (χ3v) is 4.25. The molecule has 0 spiro atoms. The Balaban J connectivity index is 1.89. The highest BCUT2D eigenvalue weighted by Gasteiger charge is 2.18. The van der Waals surface area contributed by atoms with E-state index in [9.17, 15) is 5.11 Å². The summed E-state index contributed by atoms with van der Waals surface area (Å²) in [7, 11) is 0. The number of ether oxygens (including phenoxy) is 2. The standard InChI is InChI=1S/C22H31NO3/c1-3-25-15-9-14-23-16-20(24)17-26-22(19-11-5-4-6-12-19)21-13-8-7-10-18(21)2/h4-8,10-13,20,22-24H,3,9,14-17H2,1-2H3/t20-,22-/m0/s1. The second kappa shape index (κ2) is 11.8. The summed E-state index contributed by atoms with van der Waals surface area (Å²) in [6.45, 7) is 7.21. The zero-order chi connectivity index (χ0) is 18.6. The molecule has 142 valence electrons. The molecule has 0 saturated heterocycles. The number of aryl methyl sites for hydroxylation is 1. The summed E-state index contributed by atoms with van der Waals surface area (Å²) in [6, 6.07) is 18.4. The van der Waals surface area contributed by atoms with E-state index in [0.29, 0.717) is 6.54 Å². The molecule has 0 aromatic heterocycles. The number of aliphatic hydroxyl groups excluding tert-OH is 1. The minimum atomic E-state index is -0.544. The molecule has 0 unspecified atom stereocenters. The molecule has 2 N–H and O–H groups in total. The molecule has 0 aliphatic heterocycles. The largest absolute Gasteiger partial charge is 0.389 e. The molecule has 2 rings (SSSR count). The summed E-state index contributed by atoms with van der Waals surface area (Å²) in [5.74, 6) is 0. The lowest BCUT2D eigenvalue weighted by atomic mass is 9.97. The number of rotatable bonds is 12. The second-order valence-corrected chi connectivity index (χ2v) is 6.39. The Labute approximate surface area is 157 Å². The van der Waals surface area contributed by atoms with Crippen LogP contribution in [0.25, 0.3) is 0 Å². The zero-order valence-electron chi connectivity index (χ0n) is 15.9. The van der Waals surface area contributed by atoms with Crippen LogP contribution in [-0.2, 0) is 9.47 Å². The van der Waals surface area contributed by atoms with E-state index in [-0.39, 0.29) is 12.7 Å². The molecule has 0 amide bonds. The first-order valence-electron chi connectivity index (χ1n) is 9.41. The summed E-state index contributed by atoms with van der Waals surface area (Å²) in [5, 5.41) is 13.5. The Kier molecular flexibility index (Phi) is 9.35. The third-order valence-electron chi connectivity index (χ3n) is 4.25. The Bertz CT molecular complexity index is 618. The van der Waals surface area contributed by atoms with Crippen LogP contribution in [0, 0.1) is 6.92 Å². The van der Waals surface area contributed by atoms with Gasteiger partial charge in [-0.2, -0.15) is 0 Å². The number of aliphatic hydroxyl groups is 1. The van der Waals surface area contributed by atoms with Crippen LogP contribution in [-0.4, -0.2) is 44.1 Å². The average Bonchev–Trinajstić information content (AvgIpc) is 2.67. The van der Waals surface area contributed by atoms with Gasteiger partial charge in [0.1, 0.15) is 6.10 Å². The van der Waals surface area contributed by atoms with E-state index in [4.69, 9.17) is 9.47 Å². The Hall–Kier alpha value is -1.72. The van der Waals surface area contributed by atoms with Crippen molar-refractivity contribution in [3.05, 3.63) is 71.3 Å². The van der Waals surface area contributed by atoms with Crippen molar-refractivity contribution < 1.29 is 14.6 Å². The fraction of sp³-hybridized carbons (Fsp3) is 0.455. The highest BCUT2D eigenvalue weighted by Crippen LogP contribution is 2.28. The predicted octanol–water partition coefficient (Wildman–Crippen LogP) is 3.48. The van der Waals surface area contributed by atoms with Crippen LogP contribution < -0.4 is 5.32 Å². The van der Waals surface area contributed by atoms with Crippen LogP contribution in [0.1, 0.15) is 36.1 Å². The van der Waals surface area contributed by atoms with Crippen molar-refractivity contribution in [1.82, 2.24) is 5.32 Å². The van der Waals surface area contributed by atoms with Crippen molar-refractivity contribution in [3.8, 4) is 0 Å². The smallest absolute Gasteiger partial charge is 0.108 e. The van der Waals surface area contributed by atoms with Crippen LogP contribution in [0.5, 0.6) is 0 Å². The van der Waals surface area contributed by atoms with Gasteiger partial charge in [0.25, 0.3) is 0 Å². The van der Waals surface area contributed by atoms with E-state index < -0.39 is 6.10 Å². The first-order chi connectivity index (χ1) is 12.7. The molecule has 0 heterocycles. The Morgan fingerprint density at radius 3 is 2.50 bits per heavy atom. The molecule has 4 nitrogen and oxygen atoms in total. The summed E-state index contributed by atoms with van der Waals surface area (Å²) in [5.41, 5.74) is 3.42. The summed E-state index contributed by atoms with van der Waals surface area (Å²) in [4.78, 5) is 0. The number of hydrogen-bond donors (Lipinski definition) is 2. The van der Waals surface area contributed by atoms with E-state index in [0.717, 1.165) is 37.3 Å². The highest BCUT2D eigenvalue weighted by molar-refractivity contribution is 5.35. The van der Waals surface area contributed by atoms with E-state index in [1.54, 1.807) is 0 Å². The zero-order valence-corrected chi connectivity index (χ0v) is 15.9. The molecule has 4 heteroatoms. The topological polar surface area (TPSA) is 50.7 Å². The molecular weight excluding hydrogens is 326 g/mol. The molecule has 26 heavy (non-hydrogen) atoms. The van der Waals surface area contributed by atoms with E-state index in [2.05, 4.69) is 36.5 Å². The lowest BCUT2D eigenvalue weighted by molar-refractivity contribution is 0.00626. The number of benzene rings is 2. The fourth-order valence-corrected chi connectivity index (χ4v) is 2.85. The lowest BCUT2D eigenvalue weighted by Crippen LogP contribution is -2.32. The molecule has 2 aromatic rings. The highest BCUT2D eigenvalue weighted by atomic mass is 16.5. The van der Waals surface area contributed by atoms with Gasteiger partial charge in [-0.05, 0) is 43.5 Å². The van der Waals surface area contributed by atoms with Gasteiger partial charge in [0.05, 0.1) is 12.7 Å². The molecule has 0 radical (unpaired) electrons. The van der Waals surface area contributed by atoms with Crippen molar-refractivity contribution in [2.45, 2.75) is 32.5 Å². The first-order valence-corrected chi connectivity index (χ1v) is 9.41. The summed E-state index contributed by atoms with van der Waals surface area (Å²) in [6.07, 6.45) is 0.222. The summed E-state index contributed by atoms with van der Waals surface area (Å²) < 4.78 is 11.4. The fourth-order valence-electron chi connectivity index (χ4n) is 2.85. The average molecular weight is 357 g/mol. The van der Waals surface area contributed by atoms with E-state index >= 15 is 0 Å². The Morgan fingerprint density at radius 2 is 1.77 bits per heavy atom. The molecule has 0 aliphatic carbocycles. The molecule has 2 aromatic carbocycles. The van der Waals surface area contributed by atoms with Gasteiger partial charge in [-0.1, -0.05) is 54.6 Å². The normalized spacial score (nSPS) is 13.5. The molecule has 2 atom stereocenters. The second-order valence-electron chi connectivity index (χ2n) is 6.39. The molecular formula is C22H31NO3. The van der Waals surface area contributed by atoms with Gasteiger partial charge in [-0.3, -0.25) is 0 Å². The quantitative estimate of drug-likeness (QED) is 0.571. The van der Waals surface area contributed by atoms with Gasteiger partial charge < -0.3 is 19.9 Å². The third kappa shape index (κ3) is 6.89. The molecule has 0 aliphatic rings. The first kappa shape index (κ1) is 20.6. The predicted molar refractivity (Wildman–Crippen MR) is 105 cm³/mol. The monoisotopic (exact) mass is 357 g/mol. The van der Waals surface area contributed by atoms with E-state index in [1.807, 2.05) is 37.3 Å². The van der Waals surface area contributed by atoms with Crippen LogP contribution >= 0.6 is 0 Å². The SMILES string of the molecule is CCOCCCNC[C@H](O)CO[C@@H](c1ccccc1)c1ccccc1C. The van der Waals surface area contributed by atoms with Gasteiger partial charge in [-0.15, -0.1) is 0 Å². The Morgan fingerprint density at radius 1 is 1.04 bits per heavy atom. The van der Waals surface area contributed by atoms with Crippen LogP contribution in [0.2, 0.25) is 0 Å². The maximum atomic E-state index is 10.2. The van der Waals surface area contributed by atoms with Crippen molar-refractivity contribution in [3.63, 3.8) is 0 Å². The van der Waals surface area contributed by atoms with Crippen molar-refractivity contribution in [1.29, 1.82) is 0 Å². The summed E-state index contributed by atoms with van der Waals surface area (Å²) >= 11 is 0. The van der Waals surface area contributed by atoms with Gasteiger partial charge in [0, 0.05) is 19.8 Å². The van der Waals surface area contributed by atoms with Gasteiger partial charge >= 0.3 is 0 Å². The maximum Gasteiger partial charge on any atom is 0.108 e.